The van der Waals surface area contributed by atoms with E-state index in [0.717, 1.165) is 38.6 Å². The predicted octanol–water partition coefficient (Wildman–Crippen LogP) is 4.50. The van der Waals surface area contributed by atoms with Crippen LogP contribution in [-0.2, 0) is 4.84 Å². The summed E-state index contributed by atoms with van der Waals surface area (Å²) in [6.07, 6.45) is -1.06. The number of nitrogens with zero attached hydrogens (tertiary/aromatic N) is 2. The summed E-state index contributed by atoms with van der Waals surface area (Å²) >= 11 is 7.66. The van der Waals surface area contributed by atoms with Gasteiger partial charge in [-0.25, -0.2) is 4.79 Å². The highest BCUT2D eigenvalue weighted by molar-refractivity contribution is 7.10. The number of likely N-dealkylation sites (N-methyl/N-ethyl adjacent to an activating group) is 1. The summed E-state index contributed by atoms with van der Waals surface area (Å²) in [6, 6.07) is 7.21. The number of hydrogen-bond donors (Lipinski definition) is 2. The lowest BCUT2D eigenvalue weighted by Gasteiger charge is -2.20. The standard InChI is InChI=1S/C20H20ClN3O3S/c1-10-9-28-19-14(8-22-20(25)26)23-17(12-4-6-13(21)7-5-12)16-11(2)24(3)27-18(16)15(10)19/h4-7,9,11,14,22H,8H2,1-3H3,(H,25,26)/t11?,14-/m0/s1. The topological polar surface area (TPSA) is 74.2 Å². The highest BCUT2D eigenvalue weighted by Gasteiger charge is 2.39. The Morgan fingerprint density at radius 1 is 1.39 bits per heavy atom. The number of halogens is 1. The molecular formula is C20H20ClN3O3S. The van der Waals surface area contributed by atoms with Crippen molar-refractivity contribution in [2.24, 2.45) is 4.99 Å². The Bertz CT molecular complexity index is 997. The molecule has 0 radical (unpaired) electrons. The molecule has 1 amide bonds. The molecule has 1 aromatic heterocycles. The lowest BCUT2D eigenvalue weighted by atomic mass is 9.94. The van der Waals surface area contributed by atoms with Crippen LogP contribution in [0, 0.1) is 6.92 Å². The second kappa shape index (κ2) is 7.24. The minimum atomic E-state index is -1.06. The Morgan fingerprint density at radius 2 is 2.11 bits per heavy atom. The molecule has 3 heterocycles. The summed E-state index contributed by atoms with van der Waals surface area (Å²) in [4.78, 5) is 23.3. The Balaban J connectivity index is 1.92. The van der Waals surface area contributed by atoms with E-state index < -0.39 is 6.09 Å². The lowest BCUT2D eigenvalue weighted by Crippen LogP contribution is -2.29. The van der Waals surface area contributed by atoms with Gasteiger partial charge < -0.3 is 15.3 Å². The molecule has 0 spiro atoms. The molecule has 0 fully saturated rings. The minimum absolute atomic E-state index is 0.00256. The number of carbonyl (C=O) groups is 1. The zero-order chi connectivity index (χ0) is 20.0. The normalized spacial score (nSPS) is 21.5. The third kappa shape index (κ3) is 3.19. The third-order valence-electron chi connectivity index (χ3n) is 5.08. The van der Waals surface area contributed by atoms with Gasteiger partial charge in [0.05, 0.1) is 11.8 Å². The van der Waals surface area contributed by atoms with Gasteiger partial charge in [-0.15, -0.1) is 16.4 Å². The molecule has 1 unspecified atom stereocenters. The first-order valence-corrected chi connectivity index (χ1v) is 10.2. The number of carboxylic acid groups (broad SMARTS) is 1. The Hall–Kier alpha value is -2.35. The zero-order valence-corrected chi connectivity index (χ0v) is 17.3. The highest BCUT2D eigenvalue weighted by atomic mass is 35.5. The molecule has 2 atom stereocenters. The zero-order valence-electron chi connectivity index (χ0n) is 15.7. The maximum Gasteiger partial charge on any atom is 0.404 e. The third-order valence-corrected chi connectivity index (χ3v) is 6.53. The van der Waals surface area contributed by atoms with Crippen molar-refractivity contribution in [3.8, 4) is 0 Å². The van der Waals surface area contributed by atoms with E-state index in [4.69, 9.17) is 26.5 Å². The van der Waals surface area contributed by atoms with Gasteiger partial charge in [0, 0.05) is 40.2 Å². The molecular weight excluding hydrogens is 398 g/mol. The van der Waals surface area contributed by atoms with Crippen LogP contribution in [0.3, 0.4) is 0 Å². The number of fused-ring (bicyclic) bond motifs is 2. The van der Waals surface area contributed by atoms with Crippen molar-refractivity contribution in [1.29, 1.82) is 0 Å². The molecule has 4 rings (SSSR count). The molecule has 146 valence electrons. The summed E-state index contributed by atoms with van der Waals surface area (Å²) in [5.41, 5.74) is 4.86. The van der Waals surface area contributed by atoms with Crippen LogP contribution >= 0.6 is 22.9 Å². The van der Waals surface area contributed by atoms with Gasteiger partial charge in [0.15, 0.2) is 5.76 Å². The maximum absolute atomic E-state index is 11.1. The number of benzene rings is 1. The average molecular weight is 418 g/mol. The van der Waals surface area contributed by atoms with Crippen LogP contribution in [0.25, 0.3) is 5.76 Å². The summed E-state index contributed by atoms with van der Waals surface area (Å²) in [6.45, 7) is 4.32. The van der Waals surface area contributed by atoms with Crippen molar-refractivity contribution in [3.63, 3.8) is 0 Å². The number of aryl methyl sites for hydroxylation is 1. The Kier molecular flexibility index (Phi) is 4.91. The predicted molar refractivity (Wildman–Crippen MR) is 111 cm³/mol. The van der Waals surface area contributed by atoms with E-state index in [1.807, 2.05) is 43.3 Å². The molecule has 0 aliphatic carbocycles. The number of hydroxylamine groups is 2. The van der Waals surface area contributed by atoms with E-state index in [0.29, 0.717) is 5.02 Å². The minimum Gasteiger partial charge on any atom is -0.465 e. The fourth-order valence-corrected chi connectivity index (χ4v) is 4.79. The van der Waals surface area contributed by atoms with Gasteiger partial charge in [0.2, 0.25) is 0 Å². The number of hydrogen-bond acceptors (Lipinski definition) is 5. The molecule has 8 heteroatoms. The van der Waals surface area contributed by atoms with Crippen LogP contribution in [0.1, 0.15) is 34.5 Å². The maximum atomic E-state index is 11.1. The van der Waals surface area contributed by atoms with Gasteiger partial charge in [-0.05, 0) is 36.9 Å². The van der Waals surface area contributed by atoms with E-state index in [2.05, 4.69) is 17.6 Å². The second-order valence-corrected chi connectivity index (χ2v) is 8.25. The molecule has 28 heavy (non-hydrogen) atoms. The number of aliphatic imine (C=N–C) groups is 1. The summed E-state index contributed by atoms with van der Waals surface area (Å²) in [7, 11) is 1.91. The van der Waals surface area contributed by atoms with Crippen molar-refractivity contribution < 1.29 is 14.7 Å². The Morgan fingerprint density at radius 3 is 2.79 bits per heavy atom. The molecule has 2 N–H and O–H groups in total. The summed E-state index contributed by atoms with van der Waals surface area (Å²) < 4.78 is 0. The molecule has 0 saturated carbocycles. The monoisotopic (exact) mass is 417 g/mol. The highest BCUT2D eigenvalue weighted by Crippen LogP contribution is 2.45. The van der Waals surface area contributed by atoms with Crippen molar-refractivity contribution >= 4 is 40.5 Å². The second-order valence-electron chi connectivity index (χ2n) is 6.90. The summed E-state index contributed by atoms with van der Waals surface area (Å²) in [5.74, 6) is 0.801. The molecule has 2 aliphatic rings. The molecule has 2 aromatic rings. The van der Waals surface area contributed by atoms with Crippen molar-refractivity contribution in [2.45, 2.75) is 25.9 Å². The van der Waals surface area contributed by atoms with Crippen molar-refractivity contribution in [1.82, 2.24) is 10.4 Å². The van der Waals surface area contributed by atoms with E-state index in [9.17, 15) is 4.79 Å². The van der Waals surface area contributed by atoms with Gasteiger partial charge in [-0.2, -0.15) is 0 Å². The largest absolute Gasteiger partial charge is 0.465 e. The molecule has 0 saturated heterocycles. The van der Waals surface area contributed by atoms with Crippen LogP contribution in [-0.4, -0.2) is 41.6 Å². The van der Waals surface area contributed by atoms with E-state index in [1.54, 1.807) is 11.3 Å². The van der Waals surface area contributed by atoms with Crippen molar-refractivity contribution in [3.05, 3.63) is 61.8 Å². The van der Waals surface area contributed by atoms with Crippen LogP contribution in [0.5, 0.6) is 0 Å². The molecule has 0 bridgehead atoms. The number of thiophene rings is 1. The first kappa shape index (κ1) is 19.0. The van der Waals surface area contributed by atoms with Gasteiger partial charge in [-0.3, -0.25) is 4.99 Å². The van der Waals surface area contributed by atoms with E-state index in [1.165, 1.54) is 0 Å². The summed E-state index contributed by atoms with van der Waals surface area (Å²) in [5, 5.41) is 16.1. The van der Waals surface area contributed by atoms with Crippen LogP contribution in [0.15, 0.2) is 40.2 Å². The number of rotatable bonds is 3. The number of nitrogens with one attached hydrogen (secondary N) is 1. The fraction of sp³-hybridized carbons (Fsp3) is 0.300. The quantitative estimate of drug-likeness (QED) is 0.771. The van der Waals surface area contributed by atoms with Crippen molar-refractivity contribution in [2.75, 3.05) is 13.6 Å². The Labute approximate surface area is 172 Å². The smallest absolute Gasteiger partial charge is 0.404 e. The molecule has 1 aromatic carbocycles. The van der Waals surface area contributed by atoms with Gasteiger partial charge in [0.1, 0.15) is 6.04 Å². The first-order valence-electron chi connectivity index (χ1n) is 8.91. The van der Waals surface area contributed by atoms with Crippen LogP contribution < -0.4 is 5.32 Å². The van der Waals surface area contributed by atoms with Crippen LogP contribution in [0.2, 0.25) is 5.02 Å². The van der Waals surface area contributed by atoms with Gasteiger partial charge >= 0.3 is 6.09 Å². The van der Waals surface area contributed by atoms with Crippen LogP contribution in [0.4, 0.5) is 4.79 Å². The van der Waals surface area contributed by atoms with Gasteiger partial charge in [0.25, 0.3) is 0 Å². The average Bonchev–Trinajstić information content (AvgIpc) is 3.12. The van der Waals surface area contributed by atoms with E-state index >= 15 is 0 Å². The molecule has 6 nitrogen and oxygen atoms in total. The lowest BCUT2D eigenvalue weighted by molar-refractivity contribution is -0.0610. The van der Waals surface area contributed by atoms with Gasteiger partial charge in [-0.1, -0.05) is 23.7 Å². The van der Waals surface area contributed by atoms with E-state index in [-0.39, 0.29) is 18.6 Å². The fourth-order valence-electron chi connectivity index (χ4n) is 3.57. The molecule has 2 aliphatic heterocycles. The number of amides is 1. The SMILES string of the molecule is Cc1csc2c1C1=C(C(c3ccc(Cl)cc3)=N[C@H]2CNC(=O)O)C(C)N(C)O1. The first-order chi connectivity index (χ1) is 13.4.